The number of benzene rings is 1. The Labute approximate surface area is 126 Å². The highest BCUT2D eigenvalue weighted by Crippen LogP contribution is 2.43. The number of hydrogen-bond donors (Lipinski definition) is 1. The predicted octanol–water partition coefficient (Wildman–Crippen LogP) is 2.21. The van der Waals surface area contributed by atoms with E-state index in [4.69, 9.17) is 4.74 Å². The molecule has 0 radical (unpaired) electrons. The Morgan fingerprint density at radius 1 is 1.48 bits per heavy atom. The number of esters is 1. The molecule has 0 aliphatic carbocycles. The summed E-state index contributed by atoms with van der Waals surface area (Å²) in [5.74, 6) is 0.360. The summed E-state index contributed by atoms with van der Waals surface area (Å²) in [6.45, 7) is 6.88. The van der Waals surface area contributed by atoms with E-state index < -0.39 is 0 Å². The number of rotatable bonds is 3. The first-order valence-electron chi connectivity index (χ1n) is 7.94. The van der Waals surface area contributed by atoms with Crippen LogP contribution in [0.25, 0.3) is 0 Å². The number of ether oxygens (including phenoxy) is 1. The Kier molecular flexibility index (Phi) is 4.15. The first kappa shape index (κ1) is 14.4. The fourth-order valence-corrected chi connectivity index (χ4v) is 3.68. The number of hydrogen-bond acceptors (Lipinski definition) is 4. The summed E-state index contributed by atoms with van der Waals surface area (Å²) in [6, 6.07) is 7.00. The van der Waals surface area contributed by atoms with Crippen LogP contribution in [-0.4, -0.2) is 38.3 Å². The largest absolute Gasteiger partial charge is 0.465 e. The third kappa shape index (κ3) is 2.77. The zero-order chi connectivity index (χ0) is 14.8. The molecule has 2 aliphatic heterocycles. The molecule has 2 aliphatic rings. The van der Waals surface area contributed by atoms with Crippen molar-refractivity contribution in [3.05, 3.63) is 29.3 Å². The van der Waals surface area contributed by atoms with E-state index in [0.29, 0.717) is 25.1 Å². The van der Waals surface area contributed by atoms with Crippen LogP contribution in [0, 0.1) is 6.92 Å². The SMILES string of the molecule is CCOC(=O)CN1c2ccc(C)cc2[C@H]2CNCCC[C@@H]21. The third-order valence-electron chi connectivity index (χ3n) is 4.58. The van der Waals surface area contributed by atoms with E-state index in [-0.39, 0.29) is 5.97 Å². The second-order valence-electron chi connectivity index (χ2n) is 6.02. The first-order valence-corrected chi connectivity index (χ1v) is 7.94. The predicted molar refractivity (Wildman–Crippen MR) is 83.8 cm³/mol. The van der Waals surface area contributed by atoms with Crippen molar-refractivity contribution in [1.29, 1.82) is 0 Å². The molecule has 114 valence electrons. The normalized spacial score (nSPS) is 24.2. The smallest absolute Gasteiger partial charge is 0.325 e. The van der Waals surface area contributed by atoms with Crippen LogP contribution in [0.15, 0.2) is 18.2 Å². The Balaban J connectivity index is 1.92. The van der Waals surface area contributed by atoms with Crippen molar-refractivity contribution in [2.24, 2.45) is 0 Å². The lowest BCUT2D eigenvalue weighted by Crippen LogP contribution is -2.39. The van der Waals surface area contributed by atoms with Crippen LogP contribution in [0.2, 0.25) is 0 Å². The molecule has 1 aromatic carbocycles. The van der Waals surface area contributed by atoms with Gasteiger partial charge in [0.15, 0.2) is 0 Å². The van der Waals surface area contributed by atoms with Gasteiger partial charge in [0, 0.05) is 24.2 Å². The van der Waals surface area contributed by atoms with Crippen LogP contribution in [0.4, 0.5) is 5.69 Å². The van der Waals surface area contributed by atoms with Gasteiger partial charge in [-0.05, 0) is 44.9 Å². The number of carbonyl (C=O) groups excluding carboxylic acids is 1. The van der Waals surface area contributed by atoms with E-state index in [1.54, 1.807) is 0 Å². The number of anilines is 1. The zero-order valence-electron chi connectivity index (χ0n) is 12.9. The van der Waals surface area contributed by atoms with Crippen LogP contribution in [0.3, 0.4) is 0 Å². The van der Waals surface area contributed by atoms with Crippen molar-refractivity contribution >= 4 is 11.7 Å². The van der Waals surface area contributed by atoms with Gasteiger partial charge in [0.25, 0.3) is 0 Å². The molecule has 0 unspecified atom stereocenters. The molecular weight excluding hydrogens is 264 g/mol. The number of fused-ring (bicyclic) bond motifs is 3. The number of nitrogens with one attached hydrogen (secondary N) is 1. The number of carbonyl (C=O) groups is 1. The molecule has 1 aromatic rings. The van der Waals surface area contributed by atoms with Gasteiger partial charge in [0.2, 0.25) is 0 Å². The molecule has 0 bridgehead atoms. The van der Waals surface area contributed by atoms with E-state index in [9.17, 15) is 4.79 Å². The zero-order valence-corrected chi connectivity index (χ0v) is 12.9. The molecular formula is C17H24N2O2. The molecule has 2 atom stereocenters. The summed E-state index contributed by atoms with van der Waals surface area (Å²) in [5, 5.41) is 3.54. The summed E-state index contributed by atoms with van der Waals surface area (Å²) in [5.41, 5.74) is 3.89. The first-order chi connectivity index (χ1) is 10.2. The van der Waals surface area contributed by atoms with Crippen LogP contribution in [-0.2, 0) is 9.53 Å². The lowest BCUT2D eigenvalue weighted by molar-refractivity contribution is -0.141. The highest BCUT2D eigenvalue weighted by Gasteiger charge is 2.39. The molecule has 4 heteroatoms. The minimum Gasteiger partial charge on any atom is -0.465 e. The molecule has 1 fully saturated rings. The topological polar surface area (TPSA) is 41.6 Å². The highest BCUT2D eigenvalue weighted by atomic mass is 16.5. The maximum absolute atomic E-state index is 12.0. The van der Waals surface area contributed by atoms with E-state index in [0.717, 1.165) is 25.9 Å². The molecule has 4 nitrogen and oxygen atoms in total. The van der Waals surface area contributed by atoms with E-state index in [2.05, 4.69) is 35.3 Å². The van der Waals surface area contributed by atoms with Gasteiger partial charge in [-0.3, -0.25) is 4.79 Å². The van der Waals surface area contributed by atoms with Gasteiger partial charge in [0.1, 0.15) is 6.54 Å². The quantitative estimate of drug-likeness (QED) is 0.866. The summed E-state index contributed by atoms with van der Waals surface area (Å²) >= 11 is 0. The van der Waals surface area contributed by atoms with Crippen molar-refractivity contribution in [1.82, 2.24) is 5.32 Å². The summed E-state index contributed by atoms with van der Waals surface area (Å²) in [4.78, 5) is 14.2. The van der Waals surface area contributed by atoms with Gasteiger partial charge in [-0.2, -0.15) is 0 Å². The highest BCUT2D eigenvalue weighted by molar-refractivity contribution is 5.78. The molecule has 21 heavy (non-hydrogen) atoms. The minimum absolute atomic E-state index is 0.123. The average molecular weight is 288 g/mol. The molecule has 3 rings (SSSR count). The van der Waals surface area contributed by atoms with Crippen LogP contribution in [0.1, 0.15) is 36.8 Å². The van der Waals surface area contributed by atoms with E-state index in [1.807, 2.05) is 6.92 Å². The molecule has 0 saturated carbocycles. The van der Waals surface area contributed by atoms with Crippen molar-refractivity contribution in [2.75, 3.05) is 31.1 Å². The maximum atomic E-state index is 12.0. The van der Waals surface area contributed by atoms with E-state index >= 15 is 0 Å². The van der Waals surface area contributed by atoms with Gasteiger partial charge >= 0.3 is 5.97 Å². The fourth-order valence-electron chi connectivity index (χ4n) is 3.68. The summed E-state index contributed by atoms with van der Waals surface area (Å²) < 4.78 is 5.16. The van der Waals surface area contributed by atoms with Gasteiger partial charge < -0.3 is 15.0 Å². The monoisotopic (exact) mass is 288 g/mol. The van der Waals surface area contributed by atoms with Crippen molar-refractivity contribution in [2.45, 2.75) is 38.6 Å². The Hall–Kier alpha value is -1.55. The van der Waals surface area contributed by atoms with Gasteiger partial charge in [0.05, 0.1) is 6.61 Å². The molecule has 0 amide bonds. The summed E-state index contributed by atoms with van der Waals surface area (Å²) in [6.07, 6.45) is 2.29. The molecule has 1 saturated heterocycles. The maximum Gasteiger partial charge on any atom is 0.325 e. The fraction of sp³-hybridized carbons (Fsp3) is 0.588. The van der Waals surface area contributed by atoms with Crippen LogP contribution in [0.5, 0.6) is 0 Å². The number of nitrogens with zero attached hydrogens (tertiary/aromatic N) is 1. The lowest BCUT2D eigenvalue weighted by atomic mass is 9.92. The Bertz CT molecular complexity index is 530. The van der Waals surface area contributed by atoms with Crippen LogP contribution >= 0.6 is 0 Å². The van der Waals surface area contributed by atoms with E-state index in [1.165, 1.54) is 16.8 Å². The second-order valence-corrected chi connectivity index (χ2v) is 6.02. The molecule has 0 spiro atoms. The van der Waals surface area contributed by atoms with Crippen molar-refractivity contribution < 1.29 is 9.53 Å². The second kappa shape index (κ2) is 6.06. The third-order valence-corrected chi connectivity index (χ3v) is 4.58. The van der Waals surface area contributed by atoms with Gasteiger partial charge in [-0.1, -0.05) is 17.7 Å². The Morgan fingerprint density at radius 2 is 2.33 bits per heavy atom. The lowest BCUT2D eigenvalue weighted by Gasteiger charge is -2.28. The average Bonchev–Trinajstić information content (AvgIpc) is 2.64. The van der Waals surface area contributed by atoms with Crippen molar-refractivity contribution in [3.8, 4) is 0 Å². The Morgan fingerprint density at radius 3 is 3.14 bits per heavy atom. The molecule has 2 heterocycles. The van der Waals surface area contributed by atoms with Gasteiger partial charge in [-0.25, -0.2) is 0 Å². The standard InChI is InChI=1S/C17H24N2O2/c1-3-21-17(20)11-19-15-5-4-8-18-10-14(15)13-9-12(2)6-7-16(13)19/h6-7,9,14-15,18H,3-5,8,10-11H2,1-2H3/t14-,15+/m1/s1. The molecule has 1 N–H and O–H groups in total. The van der Waals surface area contributed by atoms with Gasteiger partial charge in [-0.15, -0.1) is 0 Å². The van der Waals surface area contributed by atoms with Crippen molar-refractivity contribution in [3.63, 3.8) is 0 Å². The van der Waals surface area contributed by atoms with Crippen LogP contribution < -0.4 is 10.2 Å². The molecule has 0 aromatic heterocycles. The minimum atomic E-state index is -0.123. The summed E-state index contributed by atoms with van der Waals surface area (Å²) in [7, 11) is 0. The number of aryl methyl sites for hydroxylation is 1.